The lowest BCUT2D eigenvalue weighted by molar-refractivity contribution is 0.498. The molecule has 0 aliphatic heterocycles. The van der Waals surface area contributed by atoms with Gasteiger partial charge in [-0.1, -0.05) is 18.2 Å². The summed E-state index contributed by atoms with van der Waals surface area (Å²) >= 11 is 0. The summed E-state index contributed by atoms with van der Waals surface area (Å²) in [5, 5.41) is 7.91. The molecule has 4 nitrogen and oxygen atoms in total. The SMILES string of the molecule is c1ccc(-n2ccc(CNCCc3ccco3)n2)cc1. The first-order chi connectivity index (χ1) is 9.92. The second-order valence-corrected chi connectivity index (χ2v) is 4.59. The Morgan fingerprint density at radius 1 is 1.05 bits per heavy atom. The van der Waals surface area contributed by atoms with Crippen LogP contribution >= 0.6 is 0 Å². The van der Waals surface area contributed by atoms with E-state index in [9.17, 15) is 0 Å². The van der Waals surface area contributed by atoms with Gasteiger partial charge >= 0.3 is 0 Å². The summed E-state index contributed by atoms with van der Waals surface area (Å²) < 4.78 is 7.18. The van der Waals surface area contributed by atoms with Crippen molar-refractivity contribution < 1.29 is 4.42 Å². The lowest BCUT2D eigenvalue weighted by Gasteiger charge is -2.02. The maximum atomic E-state index is 5.29. The summed E-state index contributed by atoms with van der Waals surface area (Å²) in [6.07, 6.45) is 4.59. The molecule has 20 heavy (non-hydrogen) atoms. The van der Waals surface area contributed by atoms with Gasteiger partial charge in [0.05, 0.1) is 17.6 Å². The third kappa shape index (κ3) is 3.16. The van der Waals surface area contributed by atoms with Crippen LogP contribution in [0.5, 0.6) is 0 Å². The van der Waals surface area contributed by atoms with Gasteiger partial charge in [0.25, 0.3) is 0 Å². The summed E-state index contributed by atoms with van der Waals surface area (Å²) in [7, 11) is 0. The van der Waals surface area contributed by atoms with Gasteiger partial charge in [-0.15, -0.1) is 0 Å². The van der Waals surface area contributed by atoms with Crippen molar-refractivity contribution in [2.75, 3.05) is 6.54 Å². The molecule has 0 aliphatic rings. The Balaban J connectivity index is 1.50. The van der Waals surface area contributed by atoms with Crippen LogP contribution in [0.3, 0.4) is 0 Å². The van der Waals surface area contributed by atoms with E-state index >= 15 is 0 Å². The van der Waals surface area contributed by atoms with Gasteiger partial charge in [0.1, 0.15) is 5.76 Å². The molecular formula is C16H17N3O. The minimum Gasteiger partial charge on any atom is -0.469 e. The first-order valence-corrected chi connectivity index (χ1v) is 6.75. The quantitative estimate of drug-likeness (QED) is 0.698. The lowest BCUT2D eigenvalue weighted by Crippen LogP contribution is -2.17. The van der Waals surface area contributed by atoms with Gasteiger partial charge in [-0.05, 0) is 30.3 Å². The molecular weight excluding hydrogens is 250 g/mol. The number of para-hydroxylation sites is 1. The summed E-state index contributed by atoms with van der Waals surface area (Å²) in [6.45, 7) is 1.65. The third-order valence-corrected chi connectivity index (χ3v) is 3.10. The van der Waals surface area contributed by atoms with Gasteiger partial charge in [0, 0.05) is 25.7 Å². The molecule has 3 aromatic rings. The zero-order valence-corrected chi connectivity index (χ0v) is 11.2. The number of benzene rings is 1. The highest BCUT2D eigenvalue weighted by atomic mass is 16.3. The number of aromatic nitrogens is 2. The van der Waals surface area contributed by atoms with Crippen LogP contribution in [0.2, 0.25) is 0 Å². The minimum absolute atomic E-state index is 0.764. The molecule has 0 fully saturated rings. The standard InChI is InChI=1S/C16H17N3O/c1-2-5-15(6-3-1)19-11-9-14(18-19)13-17-10-8-16-7-4-12-20-16/h1-7,9,11-12,17H,8,10,13H2. The van der Waals surface area contributed by atoms with Crippen LogP contribution in [0.15, 0.2) is 65.4 Å². The zero-order valence-electron chi connectivity index (χ0n) is 11.2. The van der Waals surface area contributed by atoms with Gasteiger partial charge < -0.3 is 9.73 Å². The van der Waals surface area contributed by atoms with E-state index in [1.807, 2.05) is 59.4 Å². The molecule has 4 heteroatoms. The molecule has 0 saturated carbocycles. The van der Waals surface area contributed by atoms with Crippen molar-refractivity contribution in [3.05, 3.63) is 72.4 Å². The average molecular weight is 267 g/mol. The van der Waals surface area contributed by atoms with Crippen molar-refractivity contribution in [2.45, 2.75) is 13.0 Å². The fourth-order valence-corrected chi connectivity index (χ4v) is 2.06. The van der Waals surface area contributed by atoms with Crippen LogP contribution in [0, 0.1) is 0 Å². The summed E-state index contributed by atoms with van der Waals surface area (Å²) in [5.41, 5.74) is 2.11. The lowest BCUT2D eigenvalue weighted by atomic mass is 10.3. The minimum atomic E-state index is 0.764. The number of hydrogen-bond donors (Lipinski definition) is 1. The first-order valence-electron chi connectivity index (χ1n) is 6.75. The van der Waals surface area contributed by atoms with Gasteiger partial charge in [-0.25, -0.2) is 4.68 Å². The molecule has 0 spiro atoms. The van der Waals surface area contributed by atoms with Crippen molar-refractivity contribution in [3.8, 4) is 5.69 Å². The topological polar surface area (TPSA) is 43.0 Å². The van der Waals surface area contributed by atoms with E-state index in [-0.39, 0.29) is 0 Å². The van der Waals surface area contributed by atoms with Crippen LogP contribution in [-0.2, 0) is 13.0 Å². The van der Waals surface area contributed by atoms with Gasteiger partial charge in [-0.2, -0.15) is 5.10 Å². The number of nitrogens with one attached hydrogen (secondary N) is 1. The summed E-state index contributed by atoms with van der Waals surface area (Å²) in [5.74, 6) is 1.01. The number of nitrogens with zero attached hydrogens (tertiary/aromatic N) is 2. The highest BCUT2D eigenvalue weighted by Gasteiger charge is 2.01. The Labute approximate surface area is 118 Å². The van der Waals surface area contributed by atoms with Crippen molar-refractivity contribution in [1.82, 2.24) is 15.1 Å². The second kappa shape index (κ2) is 6.21. The van der Waals surface area contributed by atoms with E-state index in [1.54, 1.807) is 6.26 Å². The molecule has 0 bridgehead atoms. The Morgan fingerprint density at radius 3 is 2.75 bits per heavy atom. The molecule has 2 aromatic heterocycles. The van der Waals surface area contributed by atoms with Gasteiger partial charge in [-0.3, -0.25) is 0 Å². The Bertz CT molecular complexity index is 629. The van der Waals surface area contributed by atoms with E-state index in [0.29, 0.717) is 0 Å². The molecule has 0 aliphatic carbocycles. The van der Waals surface area contributed by atoms with E-state index in [4.69, 9.17) is 4.42 Å². The molecule has 1 N–H and O–H groups in total. The predicted octanol–water partition coefficient (Wildman–Crippen LogP) is 2.80. The van der Waals surface area contributed by atoms with E-state index in [1.165, 1.54) is 0 Å². The Morgan fingerprint density at radius 2 is 1.95 bits per heavy atom. The molecule has 0 unspecified atom stereocenters. The average Bonchev–Trinajstić information content (AvgIpc) is 3.16. The van der Waals surface area contributed by atoms with Crippen molar-refractivity contribution >= 4 is 0 Å². The molecule has 1 aromatic carbocycles. The fraction of sp³-hybridized carbons (Fsp3) is 0.188. The molecule has 0 amide bonds. The molecule has 102 valence electrons. The largest absolute Gasteiger partial charge is 0.469 e. The van der Waals surface area contributed by atoms with Crippen molar-refractivity contribution in [3.63, 3.8) is 0 Å². The highest BCUT2D eigenvalue weighted by Crippen LogP contribution is 2.06. The fourth-order valence-electron chi connectivity index (χ4n) is 2.06. The number of furan rings is 1. The van der Waals surface area contributed by atoms with Crippen LogP contribution < -0.4 is 5.32 Å². The monoisotopic (exact) mass is 267 g/mol. The second-order valence-electron chi connectivity index (χ2n) is 4.59. The zero-order chi connectivity index (χ0) is 13.6. The maximum absolute atomic E-state index is 5.29. The molecule has 0 atom stereocenters. The van der Waals surface area contributed by atoms with Crippen LogP contribution in [0.1, 0.15) is 11.5 Å². The summed E-state index contributed by atoms with van der Waals surface area (Å²) in [6, 6.07) is 16.1. The molecule has 0 saturated heterocycles. The Kier molecular flexibility index (Phi) is 3.94. The summed E-state index contributed by atoms with van der Waals surface area (Å²) in [4.78, 5) is 0. The third-order valence-electron chi connectivity index (χ3n) is 3.10. The van der Waals surface area contributed by atoms with E-state index in [0.717, 1.165) is 36.7 Å². The predicted molar refractivity (Wildman–Crippen MR) is 77.7 cm³/mol. The first kappa shape index (κ1) is 12.7. The smallest absolute Gasteiger partial charge is 0.105 e. The van der Waals surface area contributed by atoms with Crippen molar-refractivity contribution in [2.24, 2.45) is 0 Å². The van der Waals surface area contributed by atoms with E-state index < -0.39 is 0 Å². The Hall–Kier alpha value is -2.33. The van der Waals surface area contributed by atoms with Crippen molar-refractivity contribution in [1.29, 1.82) is 0 Å². The molecule has 2 heterocycles. The number of hydrogen-bond acceptors (Lipinski definition) is 3. The molecule has 0 radical (unpaired) electrons. The van der Waals surface area contributed by atoms with Gasteiger partial charge in [0.15, 0.2) is 0 Å². The van der Waals surface area contributed by atoms with Crippen LogP contribution in [-0.4, -0.2) is 16.3 Å². The van der Waals surface area contributed by atoms with Gasteiger partial charge in [0.2, 0.25) is 0 Å². The molecule has 3 rings (SSSR count). The normalized spacial score (nSPS) is 10.8. The highest BCUT2D eigenvalue weighted by molar-refractivity contribution is 5.30. The van der Waals surface area contributed by atoms with E-state index in [2.05, 4.69) is 10.4 Å². The van der Waals surface area contributed by atoms with Crippen LogP contribution in [0.25, 0.3) is 5.69 Å². The maximum Gasteiger partial charge on any atom is 0.105 e. The number of rotatable bonds is 6. The van der Waals surface area contributed by atoms with Crippen LogP contribution in [0.4, 0.5) is 0 Å².